The molecule has 0 spiro atoms. The summed E-state index contributed by atoms with van der Waals surface area (Å²) in [5, 5.41) is 5.25. The van der Waals surface area contributed by atoms with Crippen LogP contribution in [0, 0.1) is 20.8 Å². The van der Waals surface area contributed by atoms with Gasteiger partial charge >= 0.3 is 22.1 Å². The lowest BCUT2D eigenvalue weighted by Gasteiger charge is -2.16. The monoisotopic (exact) mass is 468 g/mol. The van der Waals surface area contributed by atoms with E-state index in [4.69, 9.17) is 8.92 Å². The predicted octanol–water partition coefficient (Wildman–Crippen LogP) is 4.81. The van der Waals surface area contributed by atoms with E-state index in [1.54, 1.807) is 50.2 Å². The van der Waals surface area contributed by atoms with Crippen molar-refractivity contribution in [3.63, 3.8) is 0 Å². The Morgan fingerprint density at radius 3 is 2.03 bits per heavy atom. The maximum atomic E-state index is 13.1. The number of carbonyl (C=O) groups excluding carboxylic acids is 2. The van der Waals surface area contributed by atoms with E-state index < -0.39 is 22.1 Å². The van der Waals surface area contributed by atoms with E-state index in [0.29, 0.717) is 16.8 Å². The minimum absolute atomic E-state index is 0.0177. The van der Waals surface area contributed by atoms with Crippen LogP contribution in [0.3, 0.4) is 0 Å². The molecule has 172 valence electrons. The van der Waals surface area contributed by atoms with Gasteiger partial charge in [-0.3, -0.25) is 0 Å². The number of esters is 1. The zero-order valence-electron chi connectivity index (χ0n) is 18.6. The fraction of sp³-hybridized carbons (Fsp3) is 0.167. The molecule has 2 N–H and O–H groups in total. The van der Waals surface area contributed by atoms with E-state index in [1.165, 1.54) is 25.3 Å². The SMILES string of the molecule is COC(=O)c1ccc(NC(=O)Nc2ccccc2)cc1OS(=O)(=O)c1c(C)cc(C)cc1C. The minimum Gasteiger partial charge on any atom is -0.465 e. The quantitative estimate of drug-likeness (QED) is 0.397. The number of methoxy groups -OCH3 is 1. The topological polar surface area (TPSA) is 111 Å². The summed E-state index contributed by atoms with van der Waals surface area (Å²) in [6.07, 6.45) is 0. The van der Waals surface area contributed by atoms with Crippen LogP contribution in [0.2, 0.25) is 0 Å². The fourth-order valence-electron chi connectivity index (χ4n) is 3.48. The van der Waals surface area contributed by atoms with Gasteiger partial charge < -0.3 is 19.6 Å². The zero-order chi connectivity index (χ0) is 24.2. The lowest BCUT2D eigenvalue weighted by atomic mass is 10.1. The highest BCUT2D eigenvalue weighted by Crippen LogP contribution is 2.30. The standard InChI is InChI=1S/C24H24N2O6S/c1-15-12-16(2)22(17(3)13-15)33(29,30)32-21-14-19(10-11-20(21)23(27)31-4)26-24(28)25-18-8-6-5-7-9-18/h5-14H,1-4H3,(H2,25,26,28). The molecule has 0 aliphatic heterocycles. The average Bonchev–Trinajstić information content (AvgIpc) is 2.72. The van der Waals surface area contributed by atoms with Crippen molar-refractivity contribution in [3.8, 4) is 5.75 Å². The van der Waals surface area contributed by atoms with Crippen molar-refractivity contribution in [3.05, 3.63) is 82.9 Å². The van der Waals surface area contributed by atoms with Crippen molar-refractivity contribution in [2.24, 2.45) is 0 Å². The number of benzene rings is 3. The molecule has 33 heavy (non-hydrogen) atoms. The van der Waals surface area contributed by atoms with Gasteiger partial charge in [0.15, 0.2) is 5.75 Å². The van der Waals surface area contributed by atoms with Crippen molar-refractivity contribution in [1.82, 2.24) is 0 Å². The van der Waals surface area contributed by atoms with E-state index in [1.807, 2.05) is 13.0 Å². The summed E-state index contributed by atoms with van der Waals surface area (Å²) in [5.74, 6) is -1.04. The molecule has 0 aliphatic rings. The van der Waals surface area contributed by atoms with E-state index in [9.17, 15) is 18.0 Å². The molecule has 0 saturated heterocycles. The van der Waals surface area contributed by atoms with Crippen molar-refractivity contribution < 1.29 is 26.9 Å². The smallest absolute Gasteiger partial charge is 0.341 e. The first-order valence-electron chi connectivity index (χ1n) is 9.98. The van der Waals surface area contributed by atoms with E-state index >= 15 is 0 Å². The first kappa shape index (κ1) is 23.8. The average molecular weight is 469 g/mol. The molecular formula is C24H24N2O6S. The maximum absolute atomic E-state index is 13.1. The highest BCUT2D eigenvalue weighted by atomic mass is 32.2. The summed E-state index contributed by atoms with van der Waals surface area (Å²) in [4.78, 5) is 24.6. The first-order chi connectivity index (χ1) is 15.6. The molecule has 0 bridgehead atoms. The number of nitrogens with one attached hydrogen (secondary N) is 2. The summed E-state index contributed by atoms with van der Waals surface area (Å²) in [6, 6.07) is 15.7. The third-order valence-electron chi connectivity index (χ3n) is 4.73. The van der Waals surface area contributed by atoms with Crippen LogP contribution >= 0.6 is 0 Å². The normalized spacial score (nSPS) is 10.9. The van der Waals surface area contributed by atoms with Crippen LogP contribution in [0.4, 0.5) is 16.2 Å². The van der Waals surface area contributed by atoms with E-state index in [-0.39, 0.29) is 21.9 Å². The van der Waals surface area contributed by atoms with Gasteiger partial charge in [0.05, 0.1) is 7.11 Å². The first-order valence-corrected chi connectivity index (χ1v) is 11.4. The van der Waals surface area contributed by atoms with Crippen molar-refractivity contribution in [1.29, 1.82) is 0 Å². The highest BCUT2D eigenvalue weighted by molar-refractivity contribution is 7.87. The number of hydrogen-bond donors (Lipinski definition) is 2. The lowest BCUT2D eigenvalue weighted by Crippen LogP contribution is -2.20. The highest BCUT2D eigenvalue weighted by Gasteiger charge is 2.25. The Morgan fingerprint density at radius 1 is 0.818 bits per heavy atom. The Hall–Kier alpha value is -3.85. The second-order valence-electron chi connectivity index (χ2n) is 7.41. The molecule has 3 rings (SSSR count). The molecule has 0 radical (unpaired) electrons. The lowest BCUT2D eigenvalue weighted by molar-refractivity contribution is 0.0599. The van der Waals surface area contributed by atoms with Gasteiger partial charge in [0.1, 0.15) is 10.5 Å². The second kappa shape index (κ2) is 9.74. The fourth-order valence-corrected chi connectivity index (χ4v) is 4.85. The van der Waals surface area contributed by atoms with Crippen molar-refractivity contribution in [2.75, 3.05) is 17.7 Å². The summed E-state index contributed by atoms with van der Waals surface area (Å²) in [7, 11) is -3.11. The molecule has 2 amide bonds. The molecule has 0 saturated carbocycles. The van der Waals surface area contributed by atoms with Crippen LogP contribution in [0.25, 0.3) is 0 Å². The van der Waals surface area contributed by atoms with Gasteiger partial charge in [-0.05, 0) is 56.2 Å². The summed E-state index contributed by atoms with van der Waals surface area (Å²) >= 11 is 0. The van der Waals surface area contributed by atoms with Gasteiger partial charge in [0.2, 0.25) is 0 Å². The molecule has 8 nitrogen and oxygen atoms in total. The Morgan fingerprint density at radius 2 is 1.42 bits per heavy atom. The molecule has 0 atom stereocenters. The van der Waals surface area contributed by atoms with Crippen molar-refractivity contribution in [2.45, 2.75) is 25.7 Å². The van der Waals surface area contributed by atoms with Gasteiger partial charge in [-0.1, -0.05) is 35.9 Å². The summed E-state index contributed by atoms with van der Waals surface area (Å²) in [6.45, 7) is 5.20. The number of aryl methyl sites for hydroxylation is 3. The van der Waals surface area contributed by atoms with Gasteiger partial charge in [-0.2, -0.15) is 8.42 Å². The number of rotatable bonds is 6. The maximum Gasteiger partial charge on any atom is 0.341 e. The number of para-hydroxylation sites is 1. The number of amides is 2. The minimum atomic E-state index is -4.29. The number of ether oxygens (including phenoxy) is 1. The number of anilines is 2. The molecule has 0 aromatic heterocycles. The Bertz CT molecular complexity index is 1280. The van der Waals surface area contributed by atoms with Gasteiger partial charge in [0.25, 0.3) is 0 Å². The summed E-state index contributed by atoms with van der Waals surface area (Å²) < 4.78 is 36.4. The van der Waals surface area contributed by atoms with Crippen LogP contribution in [-0.2, 0) is 14.9 Å². The molecular weight excluding hydrogens is 444 g/mol. The number of hydrogen-bond acceptors (Lipinski definition) is 6. The van der Waals surface area contributed by atoms with Crippen LogP contribution < -0.4 is 14.8 Å². The number of carbonyl (C=O) groups is 2. The third kappa shape index (κ3) is 5.69. The molecule has 0 aliphatic carbocycles. The van der Waals surface area contributed by atoms with Crippen molar-refractivity contribution >= 4 is 33.5 Å². The Labute approximate surface area is 192 Å². The van der Waals surface area contributed by atoms with E-state index in [2.05, 4.69) is 10.6 Å². The molecule has 9 heteroatoms. The molecule has 0 fully saturated rings. The van der Waals surface area contributed by atoms with Crippen LogP contribution in [-0.4, -0.2) is 27.5 Å². The molecule has 3 aromatic carbocycles. The van der Waals surface area contributed by atoms with Crippen LogP contribution in [0.5, 0.6) is 5.75 Å². The Kier molecular flexibility index (Phi) is 7.03. The van der Waals surface area contributed by atoms with E-state index in [0.717, 1.165) is 5.56 Å². The summed E-state index contributed by atoms with van der Waals surface area (Å²) in [5.41, 5.74) is 2.64. The molecule has 3 aromatic rings. The zero-order valence-corrected chi connectivity index (χ0v) is 19.4. The van der Waals surface area contributed by atoms with Gasteiger partial charge in [0, 0.05) is 17.4 Å². The van der Waals surface area contributed by atoms with Crippen LogP contribution in [0.15, 0.2) is 65.6 Å². The molecule has 0 heterocycles. The van der Waals surface area contributed by atoms with Gasteiger partial charge in [-0.15, -0.1) is 0 Å². The number of urea groups is 1. The largest absolute Gasteiger partial charge is 0.465 e. The Balaban J connectivity index is 1.94. The third-order valence-corrected chi connectivity index (χ3v) is 6.27. The van der Waals surface area contributed by atoms with Gasteiger partial charge in [-0.25, -0.2) is 9.59 Å². The molecule has 0 unspecified atom stereocenters. The second-order valence-corrected chi connectivity index (χ2v) is 8.90. The van der Waals surface area contributed by atoms with Crippen LogP contribution in [0.1, 0.15) is 27.0 Å². The predicted molar refractivity (Wildman–Crippen MR) is 125 cm³/mol.